The van der Waals surface area contributed by atoms with Gasteiger partial charge in [0.2, 0.25) is 0 Å². The van der Waals surface area contributed by atoms with E-state index in [1.807, 2.05) is 0 Å². The fourth-order valence-electron chi connectivity index (χ4n) is 3.38. The second kappa shape index (κ2) is 15.4. The molecule has 1 rings (SSSR count). The predicted octanol–water partition coefficient (Wildman–Crippen LogP) is 6.35. The number of rotatable bonds is 18. The summed E-state index contributed by atoms with van der Waals surface area (Å²) in [4.78, 5) is 10.9. The van der Waals surface area contributed by atoms with Crippen LogP contribution in [0.25, 0.3) is 0 Å². The quantitative estimate of drug-likeness (QED) is 0.125. The molecule has 3 heteroatoms. The SMILES string of the molecule is C=CC(=O)OCCCCCCCCCC1OC1CCCCCCCC. The number of esters is 1. The van der Waals surface area contributed by atoms with Gasteiger partial charge in [0.1, 0.15) is 0 Å². The van der Waals surface area contributed by atoms with Crippen LogP contribution in [0.15, 0.2) is 12.7 Å². The molecular formula is C22H40O3. The first-order valence-corrected chi connectivity index (χ1v) is 10.7. The van der Waals surface area contributed by atoms with Gasteiger partial charge in [0.25, 0.3) is 0 Å². The highest BCUT2D eigenvalue weighted by Crippen LogP contribution is 2.31. The summed E-state index contributed by atoms with van der Waals surface area (Å²) in [5, 5.41) is 0. The van der Waals surface area contributed by atoms with Gasteiger partial charge in [0.15, 0.2) is 0 Å². The van der Waals surface area contributed by atoms with Crippen LogP contribution in [-0.2, 0) is 14.3 Å². The van der Waals surface area contributed by atoms with Crippen molar-refractivity contribution in [3.63, 3.8) is 0 Å². The number of unbranched alkanes of at least 4 members (excludes halogenated alkanes) is 11. The maximum absolute atomic E-state index is 10.9. The van der Waals surface area contributed by atoms with Gasteiger partial charge >= 0.3 is 5.97 Å². The van der Waals surface area contributed by atoms with Gasteiger partial charge in [-0.3, -0.25) is 0 Å². The number of carbonyl (C=O) groups excluding carboxylic acids is 1. The molecule has 1 aliphatic rings. The lowest BCUT2D eigenvalue weighted by Gasteiger charge is -2.03. The molecule has 0 aliphatic carbocycles. The molecule has 0 spiro atoms. The van der Waals surface area contributed by atoms with E-state index in [1.165, 1.54) is 89.5 Å². The molecule has 146 valence electrons. The third-order valence-corrected chi connectivity index (χ3v) is 5.07. The number of hydrogen-bond donors (Lipinski definition) is 0. The molecule has 1 heterocycles. The van der Waals surface area contributed by atoms with E-state index in [4.69, 9.17) is 9.47 Å². The first-order valence-electron chi connectivity index (χ1n) is 10.7. The Morgan fingerprint density at radius 2 is 1.32 bits per heavy atom. The summed E-state index contributed by atoms with van der Waals surface area (Å²) < 4.78 is 10.8. The molecule has 0 N–H and O–H groups in total. The van der Waals surface area contributed by atoms with E-state index in [9.17, 15) is 4.79 Å². The highest BCUT2D eigenvalue weighted by molar-refractivity contribution is 5.81. The molecule has 2 atom stereocenters. The Morgan fingerprint density at radius 3 is 1.84 bits per heavy atom. The number of ether oxygens (including phenoxy) is 2. The maximum Gasteiger partial charge on any atom is 0.330 e. The zero-order chi connectivity index (χ0) is 18.2. The van der Waals surface area contributed by atoms with Crippen LogP contribution in [0.2, 0.25) is 0 Å². The summed E-state index contributed by atoms with van der Waals surface area (Å²) in [6, 6.07) is 0. The standard InChI is InChI=1S/C22H40O3/c1-3-5-6-7-11-14-17-20-21(25-20)18-15-12-9-8-10-13-16-19-24-22(23)4-2/h4,20-21H,2-3,5-19H2,1H3. The van der Waals surface area contributed by atoms with E-state index in [0.29, 0.717) is 18.8 Å². The lowest BCUT2D eigenvalue weighted by molar-refractivity contribution is -0.137. The largest absolute Gasteiger partial charge is 0.463 e. The molecule has 0 saturated carbocycles. The lowest BCUT2D eigenvalue weighted by Crippen LogP contribution is -2.01. The van der Waals surface area contributed by atoms with Crippen molar-refractivity contribution in [3.8, 4) is 0 Å². The lowest BCUT2D eigenvalue weighted by atomic mass is 10.0. The first kappa shape index (κ1) is 22.2. The van der Waals surface area contributed by atoms with Crippen LogP contribution in [0.5, 0.6) is 0 Å². The Labute approximate surface area is 155 Å². The monoisotopic (exact) mass is 352 g/mol. The van der Waals surface area contributed by atoms with Gasteiger partial charge in [0.05, 0.1) is 18.8 Å². The van der Waals surface area contributed by atoms with E-state index >= 15 is 0 Å². The summed E-state index contributed by atoms with van der Waals surface area (Å²) in [7, 11) is 0. The molecule has 1 saturated heterocycles. The van der Waals surface area contributed by atoms with Gasteiger partial charge < -0.3 is 9.47 Å². The number of carbonyl (C=O) groups is 1. The van der Waals surface area contributed by atoms with Gasteiger partial charge in [-0.25, -0.2) is 4.79 Å². The minimum atomic E-state index is -0.308. The van der Waals surface area contributed by atoms with Gasteiger partial charge in [-0.1, -0.05) is 90.6 Å². The van der Waals surface area contributed by atoms with Crippen LogP contribution >= 0.6 is 0 Å². The zero-order valence-corrected chi connectivity index (χ0v) is 16.5. The topological polar surface area (TPSA) is 38.8 Å². The van der Waals surface area contributed by atoms with Crippen LogP contribution in [0, 0.1) is 0 Å². The van der Waals surface area contributed by atoms with Crippen molar-refractivity contribution in [1.82, 2.24) is 0 Å². The fraction of sp³-hybridized carbons (Fsp3) is 0.864. The van der Waals surface area contributed by atoms with Crippen LogP contribution in [0.4, 0.5) is 0 Å². The van der Waals surface area contributed by atoms with Gasteiger partial charge in [-0.15, -0.1) is 0 Å². The molecule has 0 aromatic rings. The molecule has 0 aromatic heterocycles. The Morgan fingerprint density at radius 1 is 0.840 bits per heavy atom. The summed E-state index contributed by atoms with van der Waals surface area (Å²) >= 11 is 0. The van der Waals surface area contributed by atoms with Gasteiger partial charge in [-0.2, -0.15) is 0 Å². The molecule has 2 unspecified atom stereocenters. The van der Waals surface area contributed by atoms with Gasteiger partial charge in [0, 0.05) is 6.08 Å². The normalized spacial score (nSPS) is 18.9. The van der Waals surface area contributed by atoms with Crippen molar-refractivity contribution >= 4 is 5.97 Å². The minimum absolute atomic E-state index is 0.308. The number of hydrogen-bond acceptors (Lipinski definition) is 3. The molecular weight excluding hydrogens is 312 g/mol. The van der Waals surface area contributed by atoms with Crippen molar-refractivity contribution in [1.29, 1.82) is 0 Å². The molecule has 0 radical (unpaired) electrons. The molecule has 0 bridgehead atoms. The molecule has 3 nitrogen and oxygen atoms in total. The molecule has 25 heavy (non-hydrogen) atoms. The average Bonchev–Trinajstić information content (AvgIpc) is 3.37. The highest BCUT2D eigenvalue weighted by atomic mass is 16.6. The van der Waals surface area contributed by atoms with Crippen molar-refractivity contribution in [3.05, 3.63) is 12.7 Å². The minimum Gasteiger partial charge on any atom is -0.463 e. The Hall–Kier alpha value is -0.830. The second-order valence-corrected chi connectivity index (χ2v) is 7.40. The van der Waals surface area contributed by atoms with E-state index < -0.39 is 0 Å². The third kappa shape index (κ3) is 13.1. The molecule has 1 aliphatic heterocycles. The van der Waals surface area contributed by atoms with E-state index in [-0.39, 0.29) is 5.97 Å². The molecule has 1 fully saturated rings. The Bertz CT molecular complexity index is 340. The average molecular weight is 353 g/mol. The summed E-state index contributed by atoms with van der Waals surface area (Å²) in [6.45, 7) is 6.19. The first-order chi connectivity index (χ1) is 12.3. The van der Waals surface area contributed by atoms with E-state index in [2.05, 4.69) is 13.5 Å². The predicted molar refractivity (Wildman–Crippen MR) is 105 cm³/mol. The van der Waals surface area contributed by atoms with Crippen LogP contribution in [0.1, 0.15) is 103 Å². The van der Waals surface area contributed by atoms with Crippen LogP contribution in [-0.4, -0.2) is 24.8 Å². The summed E-state index contributed by atoms with van der Waals surface area (Å²) in [6.07, 6.45) is 21.8. The zero-order valence-electron chi connectivity index (χ0n) is 16.5. The van der Waals surface area contributed by atoms with Gasteiger partial charge in [-0.05, 0) is 19.3 Å². The van der Waals surface area contributed by atoms with Crippen LogP contribution in [0.3, 0.4) is 0 Å². The van der Waals surface area contributed by atoms with Crippen molar-refractivity contribution in [2.45, 2.75) is 115 Å². The van der Waals surface area contributed by atoms with Crippen molar-refractivity contribution < 1.29 is 14.3 Å². The fourth-order valence-corrected chi connectivity index (χ4v) is 3.38. The van der Waals surface area contributed by atoms with Crippen LogP contribution < -0.4 is 0 Å². The smallest absolute Gasteiger partial charge is 0.330 e. The van der Waals surface area contributed by atoms with Crippen molar-refractivity contribution in [2.24, 2.45) is 0 Å². The van der Waals surface area contributed by atoms with E-state index in [0.717, 1.165) is 12.8 Å². The highest BCUT2D eigenvalue weighted by Gasteiger charge is 2.36. The maximum atomic E-state index is 10.9. The van der Waals surface area contributed by atoms with Crippen molar-refractivity contribution in [2.75, 3.05) is 6.61 Å². The third-order valence-electron chi connectivity index (χ3n) is 5.07. The Balaban J connectivity index is 1.74. The number of epoxide rings is 1. The molecule has 0 amide bonds. The van der Waals surface area contributed by atoms with E-state index in [1.54, 1.807) is 0 Å². The Kier molecular flexibility index (Phi) is 13.7. The second-order valence-electron chi connectivity index (χ2n) is 7.40. The summed E-state index contributed by atoms with van der Waals surface area (Å²) in [5.74, 6) is -0.308. The summed E-state index contributed by atoms with van der Waals surface area (Å²) in [5.41, 5.74) is 0. The molecule has 0 aromatic carbocycles.